The molecule has 186 valence electrons. The fourth-order valence-corrected chi connectivity index (χ4v) is 4.91. The minimum Gasteiger partial charge on any atom is -0.508 e. The van der Waals surface area contributed by atoms with Gasteiger partial charge in [-0.1, -0.05) is 30.8 Å². The van der Waals surface area contributed by atoms with E-state index in [1.807, 2.05) is 18.2 Å². The molecule has 1 atom stereocenters. The highest BCUT2D eigenvalue weighted by Gasteiger charge is 2.29. The molecule has 36 heavy (non-hydrogen) atoms. The maximum absolute atomic E-state index is 12.0. The monoisotopic (exact) mass is 487 g/mol. The fourth-order valence-electron chi connectivity index (χ4n) is 4.91. The summed E-state index contributed by atoms with van der Waals surface area (Å²) in [6.07, 6.45) is 2.10. The van der Waals surface area contributed by atoms with Crippen LogP contribution < -0.4 is 14.5 Å². The van der Waals surface area contributed by atoms with Crippen LogP contribution in [0, 0.1) is 0 Å². The number of phenolic OH excluding ortho intramolecular Hbond substituents is 1. The lowest BCUT2D eigenvalue weighted by Gasteiger charge is -2.38. The van der Waals surface area contributed by atoms with Crippen LogP contribution in [0.4, 0.5) is 11.5 Å². The van der Waals surface area contributed by atoms with Gasteiger partial charge in [-0.15, -0.1) is 0 Å². The van der Waals surface area contributed by atoms with Crippen molar-refractivity contribution in [2.24, 2.45) is 0 Å². The molecule has 3 heterocycles. The number of piperazine rings is 1. The number of aldehydes is 1. The molecule has 5 rings (SSSR count). The predicted molar refractivity (Wildman–Crippen MR) is 138 cm³/mol. The van der Waals surface area contributed by atoms with Gasteiger partial charge in [0.25, 0.3) is 0 Å². The maximum atomic E-state index is 12.0. The average molecular weight is 488 g/mol. The molecule has 0 bridgehead atoms. The van der Waals surface area contributed by atoms with Crippen molar-refractivity contribution >= 4 is 34.5 Å². The van der Waals surface area contributed by atoms with E-state index in [2.05, 4.69) is 22.4 Å². The number of anilines is 2. The number of benzene rings is 2. The lowest BCUT2D eigenvalue weighted by molar-refractivity contribution is -0.126. The van der Waals surface area contributed by atoms with Gasteiger partial charge in [-0.05, 0) is 30.9 Å². The van der Waals surface area contributed by atoms with Gasteiger partial charge in [0.05, 0.1) is 12.2 Å². The van der Waals surface area contributed by atoms with Gasteiger partial charge in [0.2, 0.25) is 5.91 Å². The van der Waals surface area contributed by atoms with E-state index in [1.54, 1.807) is 24.0 Å². The number of hydrogen-bond donors (Lipinski definition) is 1. The van der Waals surface area contributed by atoms with Crippen molar-refractivity contribution in [2.45, 2.75) is 26.0 Å². The Hall–Kier alpha value is -4.14. The van der Waals surface area contributed by atoms with Gasteiger partial charge in [0.15, 0.2) is 12.4 Å². The Labute approximate surface area is 209 Å². The number of carbonyl (C=O) groups is 2. The quantitative estimate of drug-likeness (QED) is 0.419. The Morgan fingerprint density at radius 3 is 2.64 bits per heavy atom. The van der Waals surface area contributed by atoms with Gasteiger partial charge in [0.1, 0.15) is 11.6 Å². The summed E-state index contributed by atoms with van der Waals surface area (Å²) in [6.45, 7) is 8.90. The largest absolute Gasteiger partial charge is 0.508 e. The molecule has 0 saturated carbocycles. The molecule has 2 aliphatic heterocycles. The first-order chi connectivity index (χ1) is 17.5. The molecule has 1 saturated heterocycles. The zero-order valence-corrected chi connectivity index (χ0v) is 20.3. The van der Waals surface area contributed by atoms with Crippen molar-refractivity contribution in [1.29, 1.82) is 0 Å². The topological polar surface area (TPSA) is 99.1 Å². The third kappa shape index (κ3) is 4.56. The number of carbonyl (C=O) groups excluding carboxylic acids is 2. The Balaban J connectivity index is 1.49. The summed E-state index contributed by atoms with van der Waals surface area (Å²) in [5, 5.41) is 12.4. The average Bonchev–Trinajstić information content (AvgIpc) is 2.91. The molecule has 0 aliphatic carbocycles. The molecule has 2 aromatic carbocycles. The van der Waals surface area contributed by atoms with E-state index in [1.165, 1.54) is 6.08 Å². The minimum absolute atomic E-state index is 0.0721. The van der Waals surface area contributed by atoms with Crippen molar-refractivity contribution in [2.75, 3.05) is 42.5 Å². The molecule has 0 unspecified atom stereocenters. The van der Waals surface area contributed by atoms with E-state index < -0.39 is 6.10 Å². The van der Waals surface area contributed by atoms with Crippen LogP contribution in [0.25, 0.3) is 10.8 Å². The second-order valence-corrected chi connectivity index (χ2v) is 9.09. The Bertz CT molecular complexity index is 1320. The van der Waals surface area contributed by atoms with Gasteiger partial charge < -0.3 is 24.5 Å². The summed E-state index contributed by atoms with van der Waals surface area (Å²) in [5.41, 5.74) is 2.82. The smallest absolute Gasteiger partial charge is 0.319 e. The number of amides is 1. The second-order valence-electron chi connectivity index (χ2n) is 9.09. The third-order valence-electron chi connectivity index (χ3n) is 6.74. The van der Waals surface area contributed by atoms with Crippen LogP contribution in [-0.2, 0) is 22.6 Å². The van der Waals surface area contributed by atoms with Crippen LogP contribution in [0.3, 0.4) is 0 Å². The summed E-state index contributed by atoms with van der Waals surface area (Å²) in [7, 11) is 0. The van der Waals surface area contributed by atoms with Crippen LogP contribution in [0.2, 0.25) is 0 Å². The SMILES string of the molecule is C=CC(=O)N1CCN(c2nc(O[C@H](C)C=O)nc3c2CCN(c2cc(O)cc4ccccc24)C3)CC1. The van der Waals surface area contributed by atoms with E-state index in [0.29, 0.717) is 45.4 Å². The molecule has 1 amide bonds. The number of fused-ring (bicyclic) bond motifs is 2. The predicted octanol–water partition coefficient (Wildman–Crippen LogP) is 2.70. The minimum atomic E-state index is -0.673. The van der Waals surface area contributed by atoms with Gasteiger partial charge in [-0.25, -0.2) is 0 Å². The van der Waals surface area contributed by atoms with E-state index in [4.69, 9.17) is 14.7 Å². The van der Waals surface area contributed by atoms with Gasteiger partial charge in [-0.3, -0.25) is 9.59 Å². The summed E-state index contributed by atoms with van der Waals surface area (Å²) in [4.78, 5) is 38.8. The second kappa shape index (κ2) is 9.85. The number of aromatic nitrogens is 2. The van der Waals surface area contributed by atoms with E-state index in [0.717, 1.165) is 40.1 Å². The first-order valence-electron chi connectivity index (χ1n) is 12.1. The van der Waals surface area contributed by atoms with E-state index in [9.17, 15) is 14.7 Å². The normalized spacial score (nSPS) is 16.4. The number of phenols is 1. The highest BCUT2D eigenvalue weighted by Crippen LogP contribution is 2.36. The first-order valence-corrected chi connectivity index (χ1v) is 12.1. The van der Waals surface area contributed by atoms with Crippen molar-refractivity contribution in [3.05, 3.63) is 60.3 Å². The molecule has 0 spiro atoms. The molecule has 0 radical (unpaired) electrons. The lowest BCUT2D eigenvalue weighted by atomic mass is 10.0. The molecule has 1 fully saturated rings. The first kappa shape index (κ1) is 23.6. The Morgan fingerprint density at radius 2 is 1.89 bits per heavy atom. The van der Waals surface area contributed by atoms with Crippen molar-refractivity contribution in [3.8, 4) is 11.8 Å². The van der Waals surface area contributed by atoms with Crippen LogP contribution >= 0.6 is 0 Å². The molecule has 1 N–H and O–H groups in total. The van der Waals surface area contributed by atoms with Gasteiger partial charge in [0, 0.05) is 55.4 Å². The zero-order chi connectivity index (χ0) is 25.2. The highest BCUT2D eigenvalue weighted by molar-refractivity contribution is 5.95. The van der Waals surface area contributed by atoms with Gasteiger partial charge in [-0.2, -0.15) is 9.97 Å². The number of hydrogen-bond acceptors (Lipinski definition) is 8. The number of aromatic hydroxyl groups is 1. The number of rotatable bonds is 6. The Kier molecular flexibility index (Phi) is 6.45. The van der Waals surface area contributed by atoms with Crippen LogP contribution in [0.5, 0.6) is 11.8 Å². The number of ether oxygens (including phenoxy) is 1. The third-order valence-corrected chi connectivity index (χ3v) is 6.74. The standard InChI is InChI=1S/C27H29N5O4/c1-3-25(35)30-10-12-31(13-11-30)26-22-8-9-32(16-23(22)28-27(29-26)36-18(2)17-33)24-15-20(34)14-19-6-4-5-7-21(19)24/h3-7,14-15,17-18,34H,1,8-13,16H2,2H3/t18-/m1/s1. The molecule has 3 aromatic rings. The molecular weight excluding hydrogens is 458 g/mol. The summed E-state index contributed by atoms with van der Waals surface area (Å²) >= 11 is 0. The van der Waals surface area contributed by atoms with Crippen LogP contribution in [-0.4, -0.2) is 71.0 Å². The van der Waals surface area contributed by atoms with E-state index in [-0.39, 0.29) is 17.7 Å². The van der Waals surface area contributed by atoms with Gasteiger partial charge >= 0.3 is 6.01 Å². The maximum Gasteiger partial charge on any atom is 0.319 e. The Morgan fingerprint density at radius 1 is 1.11 bits per heavy atom. The van der Waals surface area contributed by atoms with E-state index >= 15 is 0 Å². The molecule has 9 heteroatoms. The van der Waals surface area contributed by atoms with Crippen molar-refractivity contribution in [1.82, 2.24) is 14.9 Å². The van der Waals surface area contributed by atoms with Crippen LogP contribution in [0.15, 0.2) is 49.1 Å². The highest BCUT2D eigenvalue weighted by atomic mass is 16.5. The fraction of sp³-hybridized carbons (Fsp3) is 0.333. The molecule has 1 aromatic heterocycles. The number of nitrogens with zero attached hydrogens (tertiary/aromatic N) is 5. The summed E-state index contributed by atoms with van der Waals surface area (Å²) in [6, 6.07) is 11.7. The zero-order valence-electron chi connectivity index (χ0n) is 20.3. The summed E-state index contributed by atoms with van der Waals surface area (Å²) in [5.74, 6) is 0.935. The molecular formula is C27H29N5O4. The lowest BCUT2D eigenvalue weighted by Crippen LogP contribution is -2.49. The van der Waals surface area contributed by atoms with Crippen LogP contribution in [0.1, 0.15) is 18.2 Å². The van der Waals surface area contributed by atoms with Crippen molar-refractivity contribution in [3.63, 3.8) is 0 Å². The molecule has 9 nitrogen and oxygen atoms in total. The molecule has 2 aliphatic rings. The van der Waals surface area contributed by atoms with Crippen molar-refractivity contribution < 1.29 is 19.4 Å². The summed E-state index contributed by atoms with van der Waals surface area (Å²) < 4.78 is 5.71.